The van der Waals surface area contributed by atoms with E-state index in [1.165, 1.54) is 25.7 Å². The third kappa shape index (κ3) is 4.77. The molecule has 0 aromatic rings. The van der Waals surface area contributed by atoms with Crippen molar-refractivity contribution >= 4 is 5.91 Å². The predicted molar refractivity (Wildman–Crippen MR) is 78.1 cm³/mol. The predicted octanol–water partition coefficient (Wildman–Crippen LogP) is 1.51. The van der Waals surface area contributed by atoms with Crippen molar-refractivity contribution in [3.63, 3.8) is 0 Å². The minimum absolute atomic E-state index is 0.0854. The van der Waals surface area contributed by atoms with Gasteiger partial charge >= 0.3 is 0 Å². The molecule has 1 saturated heterocycles. The number of carbonyl (C=O) groups excluding carboxylic acids is 1. The Morgan fingerprint density at radius 1 is 1.37 bits per heavy atom. The molecule has 1 saturated carbocycles. The second-order valence-corrected chi connectivity index (χ2v) is 6.74. The Labute approximate surface area is 117 Å². The van der Waals surface area contributed by atoms with E-state index in [2.05, 4.69) is 36.3 Å². The molecule has 2 aliphatic rings. The average molecular weight is 267 g/mol. The van der Waals surface area contributed by atoms with Crippen molar-refractivity contribution in [2.24, 2.45) is 0 Å². The number of hydrogen-bond acceptors (Lipinski definition) is 3. The lowest BCUT2D eigenvalue weighted by atomic mass is 10.0. The zero-order chi connectivity index (χ0) is 13.9. The summed E-state index contributed by atoms with van der Waals surface area (Å²) in [5.74, 6) is 0.178. The molecule has 2 fully saturated rings. The fourth-order valence-corrected chi connectivity index (χ4v) is 2.67. The van der Waals surface area contributed by atoms with Crippen molar-refractivity contribution in [3.05, 3.63) is 0 Å². The second kappa shape index (κ2) is 6.23. The van der Waals surface area contributed by atoms with Gasteiger partial charge in [0.25, 0.3) is 0 Å². The van der Waals surface area contributed by atoms with Crippen LogP contribution >= 0.6 is 0 Å². The highest BCUT2D eigenvalue weighted by Gasteiger charge is 2.33. The van der Waals surface area contributed by atoms with Crippen LogP contribution in [0.25, 0.3) is 0 Å². The molecule has 0 aromatic carbocycles. The molecule has 4 heteroatoms. The van der Waals surface area contributed by atoms with Crippen LogP contribution in [0.4, 0.5) is 0 Å². The molecule has 0 bridgehead atoms. The Morgan fingerprint density at radius 3 is 2.63 bits per heavy atom. The highest BCUT2D eigenvalue weighted by atomic mass is 16.2. The van der Waals surface area contributed by atoms with Crippen LogP contribution in [0.2, 0.25) is 0 Å². The lowest BCUT2D eigenvalue weighted by molar-refractivity contribution is -0.124. The van der Waals surface area contributed by atoms with Crippen LogP contribution in [0.15, 0.2) is 0 Å². The molecule has 2 rings (SSSR count). The second-order valence-electron chi connectivity index (χ2n) is 6.74. The van der Waals surface area contributed by atoms with Crippen LogP contribution in [0.3, 0.4) is 0 Å². The van der Waals surface area contributed by atoms with Gasteiger partial charge in [-0.3, -0.25) is 9.69 Å². The van der Waals surface area contributed by atoms with Gasteiger partial charge in [-0.15, -0.1) is 0 Å². The molecule has 110 valence electrons. The van der Waals surface area contributed by atoms with Crippen LogP contribution in [0.5, 0.6) is 0 Å². The quantitative estimate of drug-likeness (QED) is 0.735. The maximum atomic E-state index is 12.2. The van der Waals surface area contributed by atoms with Crippen LogP contribution in [-0.2, 0) is 4.79 Å². The Hall–Kier alpha value is -0.610. The average Bonchev–Trinajstić information content (AvgIpc) is 3.07. The summed E-state index contributed by atoms with van der Waals surface area (Å²) >= 11 is 0. The van der Waals surface area contributed by atoms with Crippen LogP contribution in [0, 0.1) is 0 Å². The van der Waals surface area contributed by atoms with E-state index < -0.39 is 0 Å². The Kier molecular flexibility index (Phi) is 4.85. The molecule has 0 spiro atoms. The van der Waals surface area contributed by atoms with Gasteiger partial charge in [-0.2, -0.15) is 0 Å². The van der Waals surface area contributed by atoms with E-state index in [9.17, 15) is 4.79 Å². The fourth-order valence-electron chi connectivity index (χ4n) is 2.67. The van der Waals surface area contributed by atoms with Crippen molar-refractivity contribution in [1.29, 1.82) is 0 Å². The first kappa shape index (κ1) is 14.8. The van der Waals surface area contributed by atoms with Gasteiger partial charge in [-0.1, -0.05) is 6.92 Å². The summed E-state index contributed by atoms with van der Waals surface area (Å²) in [6.07, 6.45) is 6.02. The molecule has 19 heavy (non-hydrogen) atoms. The van der Waals surface area contributed by atoms with E-state index in [1.54, 1.807) is 0 Å². The third-order valence-electron chi connectivity index (χ3n) is 4.39. The van der Waals surface area contributed by atoms with Gasteiger partial charge in [0.2, 0.25) is 5.91 Å². The number of rotatable bonds is 7. The van der Waals surface area contributed by atoms with Crippen molar-refractivity contribution in [2.45, 2.75) is 70.5 Å². The van der Waals surface area contributed by atoms with E-state index in [0.29, 0.717) is 18.6 Å². The van der Waals surface area contributed by atoms with Gasteiger partial charge < -0.3 is 10.6 Å². The molecular formula is C15H29N3O. The molecular weight excluding hydrogens is 238 g/mol. The molecule has 1 unspecified atom stereocenters. The molecule has 0 aromatic heterocycles. The number of nitrogens with one attached hydrogen (secondary N) is 2. The molecule has 1 aliphatic carbocycles. The van der Waals surface area contributed by atoms with Crippen molar-refractivity contribution in [1.82, 2.24) is 15.5 Å². The molecule has 0 radical (unpaired) electrons. The number of carbonyl (C=O) groups is 1. The molecule has 4 nitrogen and oxygen atoms in total. The van der Waals surface area contributed by atoms with Gasteiger partial charge in [0.05, 0.1) is 6.54 Å². The SMILES string of the molecule is CCC(C)(C)NC(=O)CN(CC1CCCN1)C1CC1. The van der Waals surface area contributed by atoms with Crippen molar-refractivity contribution < 1.29 is 4.79 Å². The van der Waals surface area contributed by atoms with Crippen molar-refractivity contribution in [2.75, 3.05) is 19.6 Å². The standard InChI is InChI=1S/C15H29N3O/c1-4-15(2,3)17-14(19)11-18(13-7-8-13)10-12-6-5-9-16-12/h12-13,16H,4-11H2,1-3H3,(H,17,19). The lowest BCUT2D eigenvalue weighted by Gasteiger charge is -2.29. The summed E-state index contributed by atoms with van der Waals surface area (Å²) in [6, 6.07) is 1.24. The highest BCUT2D eigenvalue weighted by Crippen LogP contribution is 2.27. The van der Waals surface area contributed by atoms with Gasteiger partial charge in [0.1, 0.15) is 0 Å². The Morgan fingerprint density at radius 2 is 2.11 bits per heavy atom. The fraction of sp³-hybridized carbons (Fsp3) is 0.933. The van der Waals surface area contributed by atoms with Crippen molar-refractivity contribution in [3.8, 4) is 0 Å². The smallest absolute Gasteiger partial charge is 0.234 e. The molecule has 1 amide bonds. The van der Waals surface area contributed by atoms with E-state index in [4.69, 9.17) is 0 Å². The van der Waals surface area contributed by atoms with Gasteiger partial charge in [0.15, 0.2) is 0 Å². The first-order valence-electron chi connectivity index (χ1n) is 7.78. The summed E-state index contributed by atoms with van der Waals surface area (Å²) in [5, 5.41) is 6.67. The summed E-state index contributed by atoms with van der Waals surface area (Å²) < 4.78 is 0. The first-order valence-corrected chi connectivity index (χ1v) is 7.78. The maximum absolute atomic E-state index is 12.2. The zero-order valence-corrected chi connectivity index (χ0v) is 12.7. The lowest BCUT2D eigenvalue weighted by Crippen LogP contribution is -2.49. The largest absolute Gasteiger partial charge is 0.350 e. The van der Waals surface area contributed by atoms with Crippen LogP contribution in [-0.4, -0.2) is 48.1 Å². The van der Waals surface area contributed by atoms with E-state index >= 15 is 0 Å². The number of amides is 1. The normalized spacial score (nSPS) is 23.9. The highest BCUT2D eigenvalue weighted by molar-refractivity contribution is 5.78. The maximum Gasteiger partial charge on any atom is 0.234 e. The summed E-state index contributed by atoms with van der Waals surface area (Å²) in [6.45, 7) is 9.02. The number of hydrogen-bond donors (Lipinski definition) is 2. The van der Waals surface area contributed by atoms with Gasteiger partial charge in [-0.05, 0) is 52.5 Å². The monoisotopic (exact) mass is 267 g/mol. The summed E-state index contributed by atoms with van der Waals surface area (Å²) in [5.41, 5.74) is -0.0854. The van der Waals surface area contributed by atoms with E-state index in [-0.39, 0.29) is 11.4 Å². The Bertz CT molecular complexity index is 307. The minimum Gasteiger partial charge on any atom is -0.350 e. The topological polar surface area (TPSA) is 44.4 Å². The molecule has 1 heterocycles. The van der Waals surface area contributed by atoms with Gasteiger partial charge in [0, 0.05) is 24.2 Å². The first-order chi connectivity index (χ1) is 9.00. The molecule has 1 atom stereocenters. The third-order valence-corrected chi connectivity index (χ3v) is 4.39. The van der Waals surface area contributed by atoms with Crippen LogP contribution in [0.1, 0.15) is 52.9 Å². The molecule has 1 aliphatic heterocycles. The zero-order valence-electron chi connectivity index (χ0n) is 12.7. The number of nitrogens with zero attached hydrogens (tertiary/aromatic N) is 1. The summed E-state index contributed by atoms with van der Waals surface area (Å²) in [4.78, 5) is 14.5. The summed E-state index contributed by atoms with van der Waals surface area (Å²) in [7, 11) is 0. The van der Waals surface area contributed by atoms with E-state index in [0.717, 1.165) is 19.5 Å². The van der Waals surface area contributed by atoms with E-state index in [1.807, 2.05) is 0 Å². The van der Waals surface area contributed by atoms with Crippen LogP contribution < -0.4 is 10.6 Å². The minimum atomic E-state index is -0.0854. The Balaban J connectivity index is 1.80. The molecule has 2 N–H and O–H groups in total. The van der Waals surface area contributed by atoms with Gasteiger partial charge in [-0.25, -0.2) is 0 Å².